The van der Waals surface area contributed by atoms with Crippen molar-refractivity contribution in [2.75, 3.05) is 13.6 Å². The Kier molecular flexibility index (Phi) is 2.74. The van der Waals surface area contributed by atoms with Gasteiger partial charge in [0, 0.05) is 19.6 Å². The first-order chi connectivity index (χ1) is 5.25. The van der Waals surface area contributed by atoms with Gasteiger partial charge in [-0.3, -0.25) is 0 Å². The standard InChI is InChI=1S/C8H16N2O/c1-3-9-8(11)10(2)7-5-4-6-7/h7H,3-6H2,1-2H3,(H,9,11). The minimum atomic E-state index is 0.0669. The van der Waals surface area contributed by atoms with E-state index >= 15 is 0 Å². The van der Waals surface area contributed by atoms with Gasteiger partial charge in [0.2, 0.25) is 0 Å². The Morgan fingerprint density at radius 1 is 1.64 bits per heavy atom. The summed E-state index contributed by atoms with van der Waals surface area (Å²) >= 11 is 0. The summed E-state index contributed by atoms with van der Waals surface area (Å²) in [4.78, 5) is 13.0. The molecule has 1 fully saturated rings. The molecule has 3 heteroatoms. The van der Waals surface area contributed by atoms with Gasteiger partial charge >= 0.3 is 6.03 Å². The Labute approximate surface area is 67.8 Å². The van der Waals surface area contributed by atoms with Crippen molar-refractivity contribution in [3.63, 3.8) is 0 Å². The van der Waals surface area contributed by atoms with E-state index in [1.54, 1.807) is 0 Å². The topological polar surface area (TPSA) is 32.3 Å². The molecular weight excluding hydrogens is 140 g/mol. The Balaban J connectivity index is 2.27. The molecule has 0 bridgehead atoms. The highest BCUT2D eigenvalue weighted by Crippen LogP contribution is 2.23. The molecule has 0 aromatic rings. The summed E-state index contributed by atoms with van der Waals surface area (Å²) in [6, 6.07) is 0.568. The summed E-state index contributed by atoms with van der Waals surface area (Å²) in [5.74, 6) is 0. The highest BCUT2D eigenvalue weighted by Gasteiger charge is 2.24. The predicted octanol–water partition coefficient (Wildman–Crippen LogP) is 1.20. The van der Waals surface area contributed by atoms with E-state index in [2.05, 4.69) is 5.32 Å². The number of urea groups is 1. The van der Waals surface area contributed by atoms with Gasteiger partial charge in [0.05, 0.1) is 0 Å². The molecule has 1 aliphatic rings. The van der Waals surface area contributed by atoms with Gasteiger partial charge in [-0.15, -0.1) is 0 Å². The van der Waals surface area contributed by atoms with Crippen molar-refractivity contribution in [1.29, 1.82) is 0 Å². The smallest absolute Gasteiger partial charge is 0.317 e. The summed E-state index contributed by atoms with van der Waals surface area (Å²) in [5.41, 5.74) is 0. The monoisotopic (exact) mass is 156 g/mol. The SMILES string of the molecule is CCNC(=O)N(C)C1CCC1. The number of carbonyl (C=O) groups is 1. The second kappa shape index (κ2) is 3.60. The van der Waals surface area contributed by atoms with Gasteiger partial charge in [0.25, 0.3) is 0 Å². The van der Waals surface area contributed by atoms with Crippen LogP contribution in [0.15, 0.2) is 0 Å². The first-order valence-corrected chi connectivity index (χ1v) is 4.26. The van der Waals surface area contributed by atoms with Crippen LogP contribution in [0.4, 0.5) is 4.79 Å². The molecule has 0 aliphatic heterocycles. The maximum absolute atomic E-state index is 11.2. The van der Waals surface area contributed by atoms with Crippen LogP contribution < -0.4 is 5.32 Å². The van der Waals surface area contributed by atoms with Crippen LogP contribution in [-0.2, 0) is 0 Å². The number of carbonyl (C=O) groups excluding carboxylic acids is 1. The van der Waals surface area contributed by atoms with Crippen LogP contribution in [0.3, 0.4) is 0 Å². The molecule has 1 rings (SSSR count). The van der Waals surface area contributed by atoms with Gasteiger partial charge in [-0.1, -0.05) is 0 Å². The largest absolute Gasteiger partial charge is 0.338 e. The average molecular weight is 156 g/mol. The molecule has 0 aromatic carbocycles. The molecule has 0 spiro atoms. The van der Waals surface area contributed by atoms with E-state index in [4.69, 9.17) is 0 Å². The molecule has 0 unspecified atom stereocenters. The first-order valence-electron chi connectivity index (χ1n) is 4.26. The fraction of sp³-hybridized carbons (Fsp3) is 0.875. The lowest BCUT2D eigenvalue weighted by atomic mass is 9.92. The van der Waals surface area contributed by atoms with Gasteiger partial charge < -0.3 is 10.2 Å². The van der Waals surface area contributed by atoms with Crippen LogP contribution in [0, 0.1) is 0 Å². The molecule has 0 heterocycles. The van der Waals surface area contributed by atoms with Crippen molar-refractivity contribution in [2.24, 2.45) is 0 Å². The predicted molar refractivity (Wildman–Crippen MR) is 44.5 cm³/mol. The fourth-order valence-electron chi connectivity index (χ4n) is 1.22. The normalized spacial score (nSPS) is 17.3. The van der Waals surface area contributed by atoms with E-state index in [1.165, 1.54) is 19.3 Å². The van der Waals surface area contributed by atoms with Crippen LogP contribution in [0.5, 0.6) is 0 Å². The molecule has 2 amide bonds. The molecule has 11 heavy (non-hydrogen) atoms. The zero-order chi connectivity index (χ0) is 8.27. The number of hydrogen-bond acceptors (Lipinski definition) is 1. The molecule has 1 N–H and O–H groups in total. The zero-order valence-electron chi connectivity index (χ0n) is 7.26. The number of nitrogens with one attached hydrogen (secondary N) is 1. The minimum Gasteiger partial charge on any atom is -0.338 e. The van der Waals surface area contributed by atoms with Gasteiger partial charge in [-0.05, 0) is 26.2 Å². The second-order valence-corrected chi connectivity index (χ2v) is 3.03. The molecule has 0 aromatic heterocycles. The summed E-state index contributed by atoms with van der Waals surface area (Å²) < 4.78 is 0. The lowest BCUT2D eigenvalue weighted by Gasteiger charge is -2.34. The molecule has 64 valence electrons. The quantitative estimate of drug-likeness (QED) is 0.640. The van der Waals surface area contributed by atoms with Crippen LogP contribution in [0.2, 0.25) is 0 Å². The van der Waals surface area contributed by atoms with Gasteiger partial charge in [-0.25, -0.2) is 4.79 Å². The molecule has 1 aliphatic carbocycles. The molecule has 1 saturated carbocycles. The van der Waals surface area contributed by atoms with Crippen LogP contribution in [0.25, 0.3) is 0 Å². The zero-order valence-corrected chi connectivity index (χ0v) is 7.26. The van der Waals surface area contributed by atoms with E-state index in [1.807, 2.05) is 18.9 Å². The lowest BCUT2D eigenvalue weighted by Crippen LogP contribution is -2.46. The van der Waals surface area contributed by atoms with Crippen LogP contribution in [-0.4, -0.2) is 30.6 Å². The third-order valence-corrected chi connectivity index (χ3v) is 2.27. The molecule has 0 atom stereocenters. The van der Waals surface area contributed by atoms with Crippen molar-refractivity contribution in [3.05, 3.63) is 0 Å². The lowest BCUT2D eigenvalue weighted by molar-refractivity contribution is 0.158. The highest BCUT2D eigenvalue weighted by molar-refractivity contribution is 5.74. The van der Waals surface area contributed by atoms with Crippen molar-refractivity contribution in [1.82, 2.24) is 10.2 Å². The van der Waals surface area contributed by atoms with Crippen molar-refractivity contribution < 1.29 is 4.79 Å². The van der Waals surface area contributed by atoms with E-state index in [9.17, 15) is 4.79 Å². The van der Waals surface area contributed by atoms with E-state index < -0.39 is 0 Å². The minimum absolute atomic E-state index is 0.0669. The summed E-state index contributed by atoms with van der Waals surface area (Å²) in [7, 11) is 1.87. The van der Waals surface area contributed by atoms with E-state index in [-0.39, 0.29) is 6.03 Å². The molecule has 0 radical (unpaired) electrons. The van der Waals surface area contributed by atoms with Crippen molar-refractivity contribution >= 4 is 6.03 Å². The number of nitrogens with zero attached hydrogens (tertiary/aromatic N) is 1. The maximum Gasteiger partial charge on any atom is 0.317 e. The average Bonchev–Trinajstić information content (AvgIpc) is 1.84. The number of hydrogen-bond donors (Lipinski definition) is 1. The number of rotatable bonds is 2. The molecular formula is C8H16N2O. The maximum atomic E-state index is 11.2. The summed E-state index contributed by atoms with van der Waals surface area (Å²) in [5, 5.41) is 2.78. The second-order valence-electron chi connectivity index (χ2n) is 3.03. The van der Waals surface area contributed by atoms with Crippen molar-refractivity contribution in [3.8, 4) is 0 Å². The Hall–Kier alpha value is -0.730. The third-order valence-electron chi connectivity index (χ3n) is 2.27. The highest BCUT2D eigenvalue weighted by atomic mass is 16.2. The Bertz CT molecular complexity index is 143. The summed E-state index contributed by atoms with van der Waals surface area (Å²) in [6.07, 6.45) is 3.62. The van der Waals surface area contributed by atoms with Gasteiger partial charge in [-0.2, -0.15) is 0 Å². The van der Waals surface area contributed by atoms with Crippen molar-refractivity contribution in [2.45, 2.75) is 32.2 Å². The fourth-order valence-corrected chi connectivity index (χ4v) is 1.22. The molecule has 3 nitrogen and oxygen atoms in total. The van der Waals surface area contributed by atoms with E-state index in [0.29, 0.717) is 6.04 Å². The summed E-state index contributed by atoms with van der Waals surface area (Å²) in [6.45, 7) is 2.66. The van der Waals surface area contributed by atoms with Crippen LogP contribution >= 0.6 is 0 Å². The van der Waals surface area contributed by atoms with E-state index in [0.717, 1.165) is 6.54 Å². The van der Waals surface area contributed by atoms with Gasteiger partial charge in [0.15, 0.2) is 0 Å². The Morgan fingerprint density at radius 3 is 2.64 bits per heavy atom. The first kappa shape index (κ1) is 8.37. The molecule has 0 saturated heterocycles. The van der Waals surface area contributed by atoms with Crippen LogP contribution in [0.1, 0.15) is 26.2 Å². The Morgan fingerprint density at radius 2 is 2.27 bits per heavy atom. The third kappa shape index (κ3) is 1.85. The number of amides is 2. The van der Waals surface area contributed by atoms with Gasteiger partial charge in [0.1, 0.15) is 0 Å².